The molecule has 0 saturated carbocycles. The summed E-state index contributed by atoms with van der Waals surface area (Å²) in [6.45, 7) is 0.977. The van der Waals surface area contributed by atoms with Crippen molar-refractivity contribution in [3.8, 4) is 0 Å². The van der Waals surface area contributed by atoms with Gasteiger partial charge in [-0.3, -0.25) is 0 Å². The third-order valence-electron chi connectivity index (χ3n) is 2.06. The maximum Gasteiger partial charge on any atom is 0.123 e. The third kappa shape index (κ3) is 2.88. The topological polar surface area (TPSA) is 54.2 Å². The number of nitrogens with zero attached hydrogens (tertiary/aromatic N) is 2. The normalized spacial score (nSPS) is 10.6. The quantitative estimate of drug-likeness (QED) is 0.744. The molecule has 0 saturated heterocycles. The summed E-state index contributed by atoms with van der Waals surface area (Å²) < 4.78 is 0. The molecule has 78 valence electrons. The first kappa shape index (κ1) is 10.8. The standard InChI is InChI=1S/C10H18N4/c1-12-8-4-5-10(11)13-9(8)6-7-14(2)3/h4-5,12H,6-7H2,1-3H3,(H2,11,13). The summed E-state index contributed by atoms with van der Waals surface area (Å²) in [7, 11) is 5.99. The van der Waals surface area contributed by atoms with E-state index in [0.29, 0.717) is 5.82 Å². The Morgan fingerprint density at radius 2 is 2.14 bits per heavy atom. The van der Waals surface area contributed by atoms with Crippen LogP contribution < -0.4 is 11.1 Å². The molecule has 0 bridgehead atoms. The van der Waals surface area contributed by atoms with Gasteiger partial charge in [0.1, 0.15) is 5.82 Å². The van der Waals surface area contributed by atoms with E-state index in [1.807, 2.05) is 33.3 Å². The molecule has 1 aromatic rings. The summed E-state index contributed by atoms with van der Waals surface area (Å²) >= 11 is 0. The van der Waals surface area contributed by atoms with E-state index >= 15 is 0 Å². The van der Waals surface area contributed by atoms with Crippen LogP contribution in [0.4, 0.5) is 11.5 Å². The fourth-order valence-electron chi connectivity index (χ4n) is 1.27. The van der Waals surface area contributed by atoms with Crippen molar-refractivity contribution in [3.05, 3.63) is 17.8 Å². The van der Waals surface area contributed by atoms with Gasteiger partial charge >= 0.3 is 0 Å². The number of hydrogen-bond donors (Lipinski definition) is 2. The van der Waals surface area contributed by atoms with Crippen molar-refractivity contribution >= 4 is 11.5 Å². The van der Waals surface area contributed by atoms with E-state index in [1.165, 1.54) is 0 Å². The van der Waals surface area contributed by atoms with Gasteiger partial charge in [-0.2, -0.15) is 0 Å². The highest BCUT2D eigenvalue weighted by Crippen LogP contribution is 2.14. The highest BCUT2D eigenvalue weighted by Gasteiger charge is 2.03. The smallest absolute Gasteiger partial charge is 0.123 e. The molecule has 0 aromatic carbocycles. The van der Waals surface area contributed by atoms with Crippen LogP contribution >= 0.6 is 0 Å². The molecule has 4 nitrogen and oxygen atoms in total. The number of nitrogens with one attached hydrogen (secondary N) is 1. The van der Waals surface area contributed by atoms with Gasteiger partial charge < -0.3 is 16.0 Å². The van der Waals surface area contributed by atoms with Crippen molar-refractivity contribution < 1.29 is 0 Å². The van der Waals surface area contributed by atoms with Crippen molar-refractivity contribution in [2.75, 3.05) is 38.7 Å². The molecule has 1 rings (SSSR count). The monoisotopic (exact) mass is 194 g/mol. The second kappa shape index (κ2) is 4.81. The van der Waals surface area contributed by atoms with Crippen LogP contribution in [0, 0.1) is 0 Å². The van der Waals surface area contributed by atoms with Gasteiger partial charge in [-0.05, 0) is 26.2 Å². The first-order valence-corrected chi connectivity index (χ1v) is 4.71. The average molecular weight is 194 g/mol. The van der Waals surface area contributed by atoms with E-state index in [-0.39, 0.29) is 0 Å². The van der Waals surface area contributed by atoms with Gasteiger partial charge in [-0.25, -0.2) is 4.98 Å². The predicted octanol–water partition coefficient (Wildman–Crippen LogP) is 0.810. The fourth-order valence-corrected chi connectivity index (χ4v) is 1.27. The Morgan fingerprint density at radius 3 is 2.71 bits per heavy atom. The molecule has 0 spiro atoms. The Bertz CT molecular complexity index is 296. The molecule has 1 aromatic heterocycles. The summed E-state index contributed by atoms with van der Waals surface area (Å²) in [4.78, 5) is 6.43. The van der Waals surface area contributed by atoms with Gasteiger partial charge in [0.25, 0.3) is 0 Å². The molecular weight excluding hydrogens is 176 g/mol. The molecule has 0 fully saturated rings. The Hall–Kier alpha value is -1.29. The van der Waals surface area contributed by atoms with E-state index in [9.17, 15) is 0 Å². The lowest BCUT2D eigenvalue weighted by Crippen LogP contribution is -2.16. The number of aromatic nitrogens is 1. The first-order valence-electron chi connectivity index (χ1n) is 4.71. The van der Waals surface area contributed by atoms with Crippen LogP contribution in [0.25, 0.3) is 0 Å². The summed E-state index contributed by atoms with van der Waals surface area (Å²) in [6, 6.07) is 3.78. The van der Waals surface area contributed by atoms with Crippen LogP contribution in [-0.4, -0.2) is 37.6 Å². The number of nitrogen functional groups attached to an aromatic ring is 1. The van der Waals surface area contributed by atoms with Gasteiger partial charge in [0.15, 0.2) is 0 Å². The van der Waals surface area contributed by atoms with Crippen LogP contribution in [0.2, 0.25) is 0 Å². The van der Waals surface area contributed by atoms with E-state index in [2.05, 4.69) is 15.2 Å². The van der Waals surface area contributed by atoms with Gasteiger partial charge in [-0.1, -0.05) is 0 Å². The Morgan fingerprint density at radius 1 is 1.43 bits per heavy atom. The number of likely N-dealkylation sites (N-methyl/N-ethyl adjacent to an activating group) is 1. The molecule has 3 N–H and O–H groups in total. The van der Waals surface area contributed by atoms with Crippen LogP contribution in [0.1, 0.15) is 5.69 Å². The van der Waals surface area contributed by atoms with Gasteiger partial charge in [-0.15, -0.1) is 0 Å². The van der Waals surface area contributed by atoms with E-state index in [1.54, 1.807) is 0 Å². The minimum Gasteiger partial charge on any atom is -0.387 e. The maximum absolute atomic E-state index is 5.64. The Kier molecular flexibility index (Phi) is 3.71. The van der Waals surface area contributed by atoms with Crippen molar-refractivity contribution in [2.24, 2.45) is 0 Å². The molecule has 1 heterocycles. The number of hydrogen-bond acceptors (Lipinski definition) is 4. The van der Waals surface area contributed by atoms with E-state index < -0.39 is 0 Å². The van der Waals surface area contributed by atoms with Crippen molar-refractivity contribution in [1.82, 2.24) is 9.88 Å². The zero-order chi connectivity index (χ0) is 10.6. The second-order valence-corrected chi connectivity index (χ2v) is 3.53. The zero-order valence-corrected chi connectivity index (χ0v) is 9.04. The molecule has 0 aliphatic carbocycles. The molecule has 0 amide bonds. The van der Waals surface area contributed by atoms with Crippen LogP contribution in [0.15, 0.2) is 12.1 Å². The Balaban J connectivity index is 2.77. The van der Waals surface area contributed by atoms with E-state index in [4.69, 9.17) is 5.73 Å². The summed E-state index contributed by atoms with van der Waals surface area (Å²) in [5.41, 5.74) is 7.72. The largest absolute Gasteiger partial charge is 0.387 e. The molecular formula is C10H18N4. The van der Waals surface area contributed by atoms with Crippen LogP contribution in [0.5, 0.6) is 0 Å². The molecule has 0 aliphatic rings. The highest BCUT2D eigenvalue weighted by atomic mass is 15.1. The van der Waals surface area contributed by atoms with Crippen LogP contribution in [-0.2, 0) is 6.42 Å². The number of pyridine rings is 1. The summed E-state index contributed by atoms with van der Waals surface area (Å²) in [6.07, 6.45) is 0.911. The third-order valence-corrected chi connectivity index (χ3v) is 2.06. The highest BCUT2D eigenvalue weighted by molar-refractivity contribution is 5.51. The average Bonchev–Trinajstić information content (AvgIpc) is 2.15. The second-order valence-electron chi connectivity index (χ2n) is 3.53. The van der Waals surface area contributed by atoms with Crippen molar-refractivity contribution in [2.45, 2.75) is 6.42 Å². The number of anilines is 2. The van der Waals surface area contributed by atoms with Gasteiger partial charge in [0.2, 0.25) is 0 Å². The van der Waals surface area contributed by atoms with Crippen LogP contribution in [0.3, 0.4) is 0 Å². The minimum atomic E-state index is 0.581. The maximum atomic E-state index is 5.64. The molecule has 0 atom stereocenters. The molecule has 14 heavy (non-hydrogen) atoms. The molecule has 0 radical (unpaired) electrons. The summed E-state index contributed by atoms with van der Waals surface area (Å²) in [5, 5.41) is 3.11. The first-order chi connectivity index (χ1) is 6.63. The summed E-state index contributed by atoms with van der Waals surface area (Å²) in [5.74, 6) is 0.581. The lowest BCUT2D eigenvalue weighted by Gasteiger charge is -2.12. The van der Waals surface area contributed by atoms with Crippen molar-refractivity contribution in [1.29, 1.82) is 0 Å². The SMILES string of the molecule is CNc1ccc(N)nc1CCN(C)C. The fraction of sp³-hybridized carbons (Fsp3) is 0.500. The van der Waals surface area contributed by atoms with Gasteiger partial charge in [0, 0.05) is 20.0 Å². The lowest BCUT2D eigenvalue weighted by atomic mass is 10.2. The molecule has 4 heteroatoms. The molecule has 0 unspecified atom stereocenters. The Labute approximate surface area is 85.1 Å². The molecule has 0 aliphatic heterocycles. The lowest BCUT2D eigenvalue weighted by molar-refractivity contribution is 0.412. The van der Waals surface area contributed by atoms with Crippen molar-refractivity contribution in [3.63, 3.8) is 0 Å². The minimum absolute atomic E-state index is 0.581. The zero-order valence-electron chi connectivity index (χ0n) is 9.04. The number of rotatable bonds is 4. The van der Waals surface area contributed by atoms with E-state index in [0.717, 1.165) is 24.3 Å². The predicted molar refractivity (Wildman–Crippen MR) is 60.5 cm³/mol. The van der Waals surface area contributed by atoms with Gasteiger partial charge in [0.05, 0.1) is 11.4 Å². The number of nitrogens with two attached hydrogens (primary N) is 1.